The van der Waals surface area contributed by atoms with Crippen molar-refractivity contribution in [2.45, 2.75) is 32.6 Å². The number of hydrogen-bond donors (Lipinski definition) is 0. The van der Waals surface area contributed by atoms with Gasteiger partial charge in [-0.25, -0.2) is 14.2 Å². The van der Waals surface area contributed by atoms with Crippen molar-refractivity contribution in [2.24, 2.45) is 4.99 Å². The number of benzene rings is 3. The first-order valence-electron chi connectivity index (χ1n) is 11.3. The van der Waals surface area contributed by atoms with Crippen LogP contribution in [0.5, 0.6) is 0 Å². The van der Waals surface area contributed by atoms with Crippen molar-refractivity contribution in [2.75, 3.05) is 0 Å². The summed E-state index contributed by atoms with van der Waals surface area (Å²) in [6.45, 7) is 2.14. The van der Waals surface area contributed by atoms with Crippen LogP contribution in [0.3, 0.4) is 0 Å². The van der Waals surface area contributed by atoms with Crippen LogP contribution in [0, 0.1) is 5.82 Å². The van der Waals surface area contributed by atoms with Gasteiger partial charge in [0.1, 0.15) is 11.6 Å². The van der Waals surface area contributed by atoms with Gasteiger partial charge in [-0.15, -0.1) is 0 Å². The zero-order valence-electron chi connectivity index (χ0n) is 18.6. The molecule has 0 bridgehead atoms. The van der Waals surface area contributed by atoms with E-state index in [1.54, 1.807) is 12.1 Å². The predicted octanol–water partition coefficient (Wildman–Crippen LogP) is 7.35. The lowest BCUT2D eigenvalue weighted by atomic mass is 10.0. The molecular weight excluding hydrogens is 413 g/mol. The first-order valence-corrected chi connectivity index (χ1v) is 11.3. The van der Waals surface area contributed by atoms with Crippen molar-refractivity contribution in [1.29, 1.82) is 0 Å². The Morgan fingerprint density at radius 3 is 2.03 bits per heavy atom. The maximum absolute atomic E-state index is 13.4. The molecular formula is C29H26FNO2. The molecule has 166 valence electrons. The van der Waals surface area contributed by atoms with Crippen molar-refractivity contribution < 1.29 is 8.81 Å². The lowest BCUT2D eigenvalue weighted by Crippen LogP contribution is -2.08. The number of unbranched alkanes of at least 4 members (excludes halogenated alkanes) is 2. The molecule has 0 radical (unpaired) electrons. The van der Waals surface area contributed by atoms with Gasteiger partial charge in [0.25, 0.3) is 0 Å². The van der Waals surface area contributed by atoms with Crippen LogP contribution in [0.2, 0.25) is 0 Å². The third-order valence-electron chi connectivity index (χ3n) is 5.50. The van der Waals surface area contributed by atoms with Crippen LogP contribution in [0.15, 0.2) is 105 Å². The monoisotopic (exact) mass is 439 g/mol. The van der Waals surface area contributed by atoms with Gasteiger partial charge in [0.2, 0.25) is 0 Å². The smallest absolute Gasteiger partial charge is 0.362 e. The van der Waals surface area contributed by atoms with Gasteiger partial charge in [-0.2, -0.15) is 0 Å². The van der Waals surface area contributed by atoms with Gasteiger partial charge in [0.15, 0.2) is 5.69 Å². The molecule has 0 amide bonds. The summed E-state index contributed by atoms with van der Waals surface area (Å²) in [5.41, 5.74) is 3.88. The molecule has 4 aromatic rings. The van der Waals surface area contributed by atoms with Gasteiger partial charge < -0.3 is 4.42 Å². The Labute approximate surface area is 193 Å². The highest BCUT2D eigenvalue weighted by Crippen LogP contribution is 2.27. The van der Waals surface area contributed by atoms with E-state index in [1.165, 1.54) is 12.1 Å². The van der Waals surface area contributed by atoms with Crippen LogP contribution >= 0.6 is 0 Å². The van der Waals surface area contributed by atoms with E-state index in [-0.39, 0.29) is 5.82 Å². The van der Waals surface area contributed by atoms with Crippen molar-refractivity contribution >= 4 is 11.4 Å². The Balaban J connectivity index is 1.87. The van der Waals surface area contributed by atoms with E-state index >= 15 is 0 Å². The van der Waals surface area contributed by atoms with E-state index in [1.807, 2.05) is 66.7 Å². The highest BCUT2D eigenvalue weighted by molar-refractivity contribution is 6.14. The summed E-state index contributed by atoms with van der Waals surface area (Å²) in [6.07, 6.45) is 3.78. The molecule has 0 fully saturated rings. The number of nitrogens with zero attached hydrogens (tertiary/aromatic N) is 1. The minimum Gasteiger partial charge on any atom is -0.421 e. The second-order valence-electron chi connectivity index (χ2n) is 7.93. The van der Waals surface area contributed by atoms with Crippen molar-refractivity contribution in [3.8, 4) is 11.3 Å². The quantitative estimate of drug-likeness (QED) is 0.213. The third-order valence-corrected chi connectivity index (χ3v) is 5.50. The number of rotatable bonds is 8. The minimum absolute atomic E-state index is 0.319. The van der Waals surface area contributed by atoms with Gasteiger partial charge in [0.05, 0.1) is 5.71 Å². The van der Waals surface area contributed by atoms with E-state index in [0.717, 1.165) is 41.7 Å². The van der Waals surface area contributed by atoms with Crippen LogP contribution in [0.4, 0.5) is 10.1 Å². The Morgan fingerprint density at radius 1 is 0.848 bits per heavy atom. The predicted molar refractivity (Wildman–Crippen MR) is 132 cm³/mol. The Morgan fingerprint density at radius 2 is 1.45 bits per heavy atom. The molecule has 0 saturated heterocycles. The average molecular weight is 440 g/mol. The minimum atomic E-state index is -0.493. The fraction of sp³-hybridized carbons (Fsp3) is 0.172. The summed E-state index contributed by atoms with van der Waals surface area (Å²) in [4.78, 5) is 18.1. The van der Waals surface area contributed by atoms with Crippen LogP contribution in [0.1, 0.15) is 42.9 Å². The summed E-state index contributed by atoms with van der Waals surface area (Å²) >= 11 is 0. The van der Waals surface area contributed by atoms with Gasteiger partial charge in [-0.3, -0.25) is 0 Å². The molecule has 1 aromatic heterocycles. The molecule has 3 nitrogen and oxygen atoms in total. The molecule has 0 aliphatic rings. The highest BCUT2D eigenvalue weighted by atomic mass is 19.1. The molecule has 0 saturated carbocycles. The average Bonchev–Trinajstić information content (AvgIpc) is 2.85. The van der Waals surface area contributed by atoms with E-state index in [2.05, 4.69) is 6.92 Å². The third kappa shape index (κ3) is 5.53. The SMILES string of the molecule is CCCCCc1cc(-c2ccc(F)cc2)oc(=O)c1N=C(c1ccccc1)c1ccccc1. The maximum atomic E-state index is 13.4. The Hall–Kier alpha value is -3.79. The first-order chi connectivity index (χ1) is 16.2. The number of aryl methyl sites for hydroxylation is 1. The van der Waals surface area contributed by atoms with Crippen molar-refractivity contribution in [3.05, 3.63) is 124 Å². The molecule has 0 unspecified atom stereocenters. The second kappa shape index (κ2) is 10.7. The van der Waals surface area contributed by atoms with Gasteiger partial charge in [-0.1, -0.05) is 80.4 Å². The van der Waals surface area contributed by atoms with Crippen molar-refractivity contribution in [3.63, 3.8) is 0 Å². The molecule has 3 aromatic carbocycles. The Kier molecular flexibility index (Phi) is 7.26. The van der Waals surface area contributed by atoms with E-state index in [9.17, 15) is 9.18 Å². The zero-order valence-corrected chi connectivity index (χ0v) is 18.6. The highest BCUT2D eigenvalue weighted by Gasteiger charge is 2.15. The summed E-state index contributed by atoms with van der Waals surface area (Å²) in [5.74, 6) is 0.0901. The van der Waals surface area contributed by atoms with Crippen LogP contribution in [0.25, 0.3) is 11.3 Å². The molecule has 4 heteroatoms. The normalized spacial score (nSPS) is 10.7. The van der Waals surface area contributed by atoms with Crippen LogP contribution in [-0.4, -0.2) is 5.71 Å². The fourth-order valence-corrected chi connectivity index (χ4v) is 3.76. The van der Waals surface area contributed by atoms with Crippen molar-refractivity contribution in [1.82, 2.24) is 0 Å². The summed E-state index contributed by atoms with van der Waals surface area (Å²) in [5, 5.41) is 0. The van der Waals surface area contributed by atoms with E-state index < -0.39 is 5.63 Å². The second-order valence-corrected chi connectivity index (χ2v) is 7.93. The Bertz CT molecular complexity index is 1240. The largest absolute Gasteiger partial charge is 0.421 e. The number of hydrogen-bond acceptors (Lipinski definition) is 3. The molecule has 0 N–H and O–H groups in total. The van der Waals surface area contributed by atoms with Crippen LogP contribution < -0.4 is 5.63 Å². The summed E-state index contributed by atoms with van der Waals surface area (Å²) < 4.78 is 19.1. The first kappa shape index (κ1) is 22.4. The molecule has 0 aliphatic heterocycles. The fourth-order valence-electron chi connectivity index (χ4n) is 3.76. The number of halogens is 1. The van der Waals surface area contributed by atoms with Gasteiger partial charge in [-0.05, 0) is 48.7 Å². The van der Waals surface area contributed by atoms with E-state index in [0.29, 0.717) is 23.4 Å². The lowest BCUT2D eigenvalue weighted by Gasteiger charge is -2.11. The summed E-state index contributed by atoms with van der Waals surface area (Å²) in [7, 11) is 0. The molecule has 0 atom stereocenters. The standard InChI is InChI=1S/C29H26FNO2/c1-2-3-6-15-24-20-26(21-16-18-25(30)19-17-21)33-29(32)28(24)31-27(22-11-7-4-8-12-22)23-13-9-5-10-14-23/h4-5,7-14,16-20H,2-3,6,15H2,1H3. The molecule has 0 aliphatic carbocycles. The van der Waals surface area contributed by atoms with Crippen LogP contribution in [-0.2, 0) is 6.42 Å². The van der Waals surface area contributed by atoms with Gasteiger partial charge >= 0.3 is 5.63 Å². The molecule has 33 heavy (non-hydrogen) atoms. The zero-order chi connectivity index (χ0) is 23.0. The lowest BCUT2D eigenvalue weighted by molar-refractivity contribution is 0.524. The molecule has 0 spiro atoms. The molecule has 1 heterocycles. The topological polar surface area (TPSA) is 42.6 Å². The van der Waals surface area contributed by atoms with E-state index in [4.69, 9.17) is 9.41 Å². The number of aliphatic imine (C=N–C) groups is 1. The molecule has 4 rings (SSSR count). The summed E-state index contributed by atoms with van der Waals surface area (Å²) in [6, 6.07) is 27.5. The maximum Gasteiger partial charge on any atom is 0.362 e. The van der Waals surface area contributed by atoms with Gasteiger partial charge in [0, 0.05) is 16.7 Å².